The standard InChI is InChI=1S/C13H13N9/c1-20-7-9(5-15-20)11-12-18-13(19-22(12)4-3-14-11)17-10-6-16-21(2)8-10/h3-8H,1-2H3,(H,17,19). The normalized spacial score (nSPS) is 11.2. The maximum absolute atomic E-state index is 4.51. The van der Waals surface area contributed by atoms with Gasteiger partial charge in [-0.25, -0.2) is 4.52 Å². The van der Waals surface area contributed by atoms with E-state index in [9.17, 15) is 0 Å². The molecule has 110 valence electrons. The minimum atomic E-state index is 0.492. The van der Waals surface area contributed by atoms with Crippen LogP contribution in [0.4, 0.5) is 11.6 Å². The summed E-state index contributed by atoms with van der Waals surface area (Å²) in [6.45, 7) is 0. The van der Waals surface area contributed by atoms with Crippen LogP contribution in [-0.4, -0.2) is 39.1 Å². The number of fused-ring (bicyclic) bond motifs is 1. The molecule has 0 atom stereocenters. The lowest BCUT2D eigenvalue weighted by atomic mass is 10.2. The van der Waals surface area contributed by atoms with Gasteiger partial charge in [0.2, 0.25) is 5.95 Å². The molecule has 4 heterocycles. The van der Waals surface area contributed by atoms with Gasteiger partial charge in [0.05, 0.1) is 18.1 Å². The number of aryl methyl sites for hydroxylation is 2. The smallest absolute Gasteiger partial charge is 0.247 e. The van der Waals surface area contributed by atoms with Crippen LogP contribution < -0.4 is 5.32 Å². The van der Waals surface area contributed by atoms with E-state index in [1.54, 1.807) is 38.7 Å². The second-order valence-electron chi connectivity index (χ2n) is 4.91. The molecule has 0 amide bonds. The van der Waals surface area contributed by atoms with Crippen LogP contribution in [0.5, 0.6) is 0 Å². The molecular formula is C13H13N9. The van der Waals surface area contributed by atoms with Crippen molar-refractivity contribution in [3.8, 4) is 11.3 Å². The summed E-state index contributed by atoms with van der Waals surface area (Å²) >= 11 is 0. The number of hydrogen-bond acceptors (Lipinski definition) is 6. The number of nitrogens with zero attached hydrogens (tertiary/aromatic N) is 8. The van der Waals surface area contributed by atoms with Crippen LogP contribution in [0, 0.1) is 0 Å². The fraction of sp³-hybridized carbons (Fsp3) is 0.154. The highest BCUT2D eigenvalue weighted by Gasteiger charge is 2.12. The van der Waals surface area contributed by atoms with Crippen LogP contribution in [0.25, 0.3) is 16.9 Å². The molecule has 4 aromatic heterocycles. The van der Waals surface area contributed by atoms with Crippen LogP contribution in [0.3, 0.4) is 0 Å². The lowest BCUT2D eigenvalue weighted by Crippen LogP contribution is -1.93. The van der Waals surface area contributed by atoms with Crippen molar-refractivity contribution >= 4 is 17.3 Å². The zero-order chi connectivity index (χ0) is 15.1. The predicted octanol–water partition coefficient (Wildman–Crippen LogP) is 1.00. The van der Waals surface area contributed by atoms with Crippen molar-refractivity contribution < 1.29 is 0 Å². The highest BCUT2D eigenvalue weighted by molar-refractivity contribution is 5.73. The van der Waals surface area contributed by atoms with Crippen LogP contribution in [-0.2, 0) is 14.1 Å². The number of anilines is 2. The Morgan fingerprint density at radius 2 is 1.86 bits per heavy atom. The Hall–Kier alpha value is -3.23. The van der Waals surface area contributed by atoms with E-state index in [-0.39, 0.29) is 0 Å². The molecular weight excluding hydrogens is 282 g/mol. The predicted molar refractivity (Wildman–Crippen MR) is 79.5 cm³/mol. The van der Waals surface area contributed by atoms with Gasteiger partial charge in [-0.1, -0.05) is 0 Å². The van der Waals surface area contributed by atoms with E-state index in [0.29, 0.717) is 11.6 Å². The molecule has 0 aliphatic carbocycles. The molecule has 0 aliphatic heterocycles. The molecule has 0 saturated carbocycles. The average molecular weight is 295 g/mol. The zero-order valence-corrected chi connectivity index (χ0v) is 12.0. The number of nitrogens with one attached hydrogen (secondary N) is 1. The summed E-state index contributed by atoms with van der Waals surface area (Å²) in [4.78, 5) is 8.90. The first-order valence-corrected chi connectivity index (χ1v) is 6.65. The number of rotatable bonds is 3. The molecule has 9 nitrogen and oxygen atoms in total. The van der Waals surface area contributed by atoms with Crippen LogP contribution in [0.15, 0.2) is 37.2 Å². The van der Waals surface area contributed by atoms with Crippen molar-refractivity contribution in [1.82, 2.24) is 39.1 Å². The molecule has 0 saturated heterocycles. The Balaban J connectivity index is 1.77. The molecule has 4 aromatic rings. The van der Waals surface area contributed by atoms with Crippen molar-refractivity contribution in [2.24, 2.45) is 14.1 Å². The van der Waals surface area contributed by atoms with Gasteiger partial charge in [0.1, 0.15) is 5.69 Å². The SMILES string of the molecule is Cn1cc(Nc2nc3c(-c4cnn(C)c4)nccn3n2)cn1. The Labute approximate surface area is 125 Å². The Morgan fingerprint density at radius 3 is 2.59 bits per heavy atom. The quantitative estimate of drug-likeness (QED) is 0.606. The van der Waals surface area contributed by atoms with Gasteiger partial charge in [0.25, 0.3) is 0 Å². The van der Waals surface area contributed by atoms with Gasteiger partial charge in [-0.3, -0.25) is 14.3 Å². The summed E-state index contributed by atoms with van der Waals surface area (Å²) in [5.41, 5.74) is 3.13. The molecule has 4 rings (SSSR count). The summed E-state index contributed by atoms with van der Waals surface area (Å²) in [5, 5.41) is 15.8. The van der Waals surface area contributed by atoms with Gasteiger partial charge in [-0.2, -0.15) is 15.2 Å². The van der Waals surface area contributed by atoms with E-state index < -0.39 is 0 Å². The van der Waals surface area contributed by atoms with Gasteiger partial charge < -0.3 is 5.32 Å². The van der Waals surface area contributed by atoms with Crippen molar-refractivity contribution in [1.29, 1.82) is 0 Å². The monoisotopic (exact) mass is 295 g/mol. The third kappa shape index (κ3) is 2.08. The van der Waals surface area contributed by atoms with Crippen molar-refractivity contribution in [3.05, 3.63) is 37.2 Å². The number of aromatic nitrogens is 8. The van der Waals surface area contributed by atoms with Crippen molar-refractivity contribution in [2.45, 2.75) is 0 Å². The van der Waals surface area contributed by atoms with E-state index in [2.05, 4.69) is 30.6 Å². The third-order valence-electron chi connectivity index (χ3n) is 3.19. The van der Waals surface area contributed by atoms with Crippen molar-refractivity contribution in [2.75, 3.05) is 5.32 Å². The Kier molecular flexibility index (Phi) is 2.65. The third-order valence-corrected chi connectivity index (χ3v) is 3.19. The minimum absolute atomic E-state index is 0.492. The van der Waals surface area contributed by atoms with Gasteiger partial charge in [-0.05, 0) is 0 Å². The molecule has 0 fully saturated rings. The van der Waals surface area contributed by atoms with E-state index >= 15 is 0 Å². The maximum Gasteiger partial charge on any atom is 0.247 e. The maximum atomic E-state index is 4.51. The lowest BCUT2D eigenvalue weighted by Gasteiger charge is -1.96. The molecule has 9 heteroatoms. The summed E-state index contributed by atoms with van der Waals surface area (Å²) in [5.74, 6) is 0.492. The zero-order valence-electron chi connectivity index (χ0n) is 12.0. The summed E-state index contributed by atoms with van der Waals surface area (Å²) in [6, 6.07) is 0. The molecule has 0 bridgehead atoms. The van der Waals surface area contributed by atoms with Crippen LogP contribution >= 0.6 is 0 Å². The highest BCUT2D eigenvalue weighted by atomic mass is 15.4. The lowest BCUT2D eigenvalue weighted by molar-refractivity contribution is 0.768. The summed E-state index contributed by atoms with van der Waals surface area (Å²) in [6.07, 6.45) is 10.7. The van der Waals surface area contributed by atoms with Gasteiger partial charge in [0.15, 0.2) is 5.65 Å². The van der Waals surface area contributed by atoms with Crippen molar-refractivity contribution in [3.63, 3.8) is 0 Å². The van der Waals surface area contributed by atoms with Gasteiger partial charge in [-0.15, -0.1) is 5.10 Å². The molecule has 0 radical (unpaired) electrons. The molecule has 0 unspecified atom stereocenters. The first-order chi connectivity index (χ1) is 10.7. The first-order valence-electron chi connectivity index (χ1n) is 6.65. The van der Waals surface area contributed by atoms with Crippen LogP contribution in [0.1, 0.15) is 0 Å². The first kappa shape index (κ1) is 12.5. The fourth-order valence-corrected chi connectivity index (χ4v) is 2.23. The second-order valence-corrected chi connectivity index (χ2v) is 4.91. The second kappa shape index (κ2) is 4.65. The minimum Gasteiger partial charge on any atom is -0.320 e. The van der Waals surface area contributed by atoms with E-state index in [4.69, 9.17) is 0 Å². The Bertz CT molecular complexity index is 945. The van der Waals surface area contributed by atoms with Gasteiger partial charge >= 0.3 is 0 Å². The topological polar surface area (TPSA) is 90.8 Å². The molecule has 22 heavy (non-hydrogen) atoms. The Morgan fingerprint density at radius 1 is 1.05 bits per heavy atom. The van der Waals surface area contributed by atoms with Gasteiger partial charge in [0, 0.05) is 44.4 Å². The molecule has 0 aromatic carbocycles. The van der Waals surface area contributed by atoms with E-state index in [1.165, 1.54) is 0 Å². The van der Waals surface area contributed by atoms with E-state index in [0.717, 1.165) is 16.9 Å². The summed E-state index contributed by atoms with van der Waals surface area (Å²) < 4.78 is 5.13. The highest BCUT2D eigenvalue weighted by Crippen LogP contribution is 2.21. The molecule has 0 aliphatic rings. The van der Waals surface area contributed by atoms with Crippen LogP contribution in [0.2, 0.25) is 0 Å². The number of hydrogen-bond donors (Lipinski definition) is 1. The molecule has 0 spiro atoms. The largest absolute Gasteiger partial charge is 0.320 e. The summed E-state index contributed by atoms with van der Waals surface area (Å²) in [7, 11) is 3.72. The molecule has 1 N–H and O–H groups in total. The van der Waals surface area contributed by atoms with E-state index in [1.807, 2.05) is 26.5 Å². The fourth-order valence-electron chi connectivity index (χ4n) is 2.23. The average Bonchev–Trinajstić information content (AvgIpc) is 3.18.